The number of hydrogen-bond acceptors (Lipinski definition) is 5. The topological polar surface area (TPSA) is 64.6 Å². The Kier molecular flexibility index (Phi) is 8.66. The van der Waals surface area contributed by atoms with Gasteiger partial charge in [0.1, 0.15) is 6.10 Å². The van der Waals surface area contributed by atoms with E-state index in [4.69, 9.17) is 21.1 Å². The van der Waals surface area contributed by atoms with E-state index in [1.807, 2.05) is 13.8 Å². The maximum atomic E-state index is 12.0. The van der Waals surface area contributed by atoms with Gasteiger partial charge in [-0.2, -0.15) is 0 Å². The first kappa shape index (κ1) is 19.5. The summed E-state index contributed by atoms with van der Waals surface area (Å²) in [6.07, 6.45) is 0.752. The Labute approximate surface area is 142 Å². The van der Waals surface area contributed by atoms with Crippen LogP contribution in [0.15, 0.2) is 24.3 Å². The van der Waals surface area contributed by atoms with E-state index in [0.29, 0.717) is 36.6 Å². The average Bonchev–Trinajstić information content (AvgIpc) is 2.47. The largest absolute Gasteiger partial charge is 0.466 e. The van der Waals surface area contributed by atoms with Gasteiger partial charge >= 0.3 is 11.9 Å². The summed E-state index contributed by atoms with van der Waals surface area (Å²) in [7, 11) is 0. The van der Waals surface area contributed by atoms with Gasteiger partial charge in [0.05, 0.1) is 18.6 Å². The van der Waals surface area contributed by atoms with Crippen molar-refractivity contribution >= 4 is 23.5 Å². The number of carbonyl (C=O) groups excluding carboxylic acids is 2. The number of halogens is 1. The fourth-order valence-corrected chi connectivity index (χ4v) is 2.25. The van der Waals surface area contributed by atoms with Gasteiger partial charge in [-0.1, -0.05) is 11.6 Å². The molecule has 2 atom stereocenters. The highest BCUT2D eigenvalue weighted by molar-refractivity contribution is 6.30. The molecule has 1 N–H and O–H groups in total. The van der Waals surface area contributed by atoms with E-state index in [9.17, 15) is 9.59 Å². The van der Waals surface area contributed by atoms with Crippen LogP contribution in [0.4, 0.5) is 0 Å². The van der Waals surface area contributed by atoms with Crippen LogP contribution >= 0.6 is 11.6 Å². The Bertz CT molecular complexity index is 504. The molecule has 5 nitrogen and oxygen atoms in total. The zero-order valence-electron chi connectivity index (χ0n) is 13.8. The zero-order chi connectivity index (χ0) is 17.2. The molecule has 0 aromatic heterocycles. The fraction of sp³-hybridized carbons (Fsp3) is 0.529. The predicted molar refractivity (Wildman–Crippen MR) is 89.7 cm³/mol. The minimum absolute atomic E-state index is 0.123. The minimum atomic E-state index is -0.368. The summed E-state index contributed by atoms with van der Waals surface area (Å²) >= 11 is 5.79. The normalized spacial score (nSPS) is 13.2. The summed E-state index contributed by atoms with van der Waals surface area (Å²) in [5.74, 6) is -0.581. The summed E-state index contributed by atoms with van der Waals surface area (Å²) in [5.41, 5.74) is 0.476. The third-order valence-electron chi connectivity index (χ3n) is 3.20. The Balaban J connectivity index is 2.29. The quantitative estimate of drug-likeness (QED) is 0.699. The number of nitrogens with one attached hydrogen (secondary N) is 1. The van der Waals surface area contributed by atoms with E-state index in [1.54, 1.807) is 31.2 Å². The van der Waals surface area contributed by atoms with Crippen LogP contribution in [0.3, 0.4) is 0 Å². The SMILES string of the molecule is CCOC(=O)CCNC(C)CC(C)OC(=O)c1ccc(Cl)cc1. The van der Waals surface area contributed by atoms with Gasteiger partial charge in [0.15, 0.2) is 0 Å². The second kappa shape index (κ2) is 10.2. The highest BCUT2D eigenvalue weighted by Gasteiger charge is 2.15. The molecule has 6 heteroatoms. The molecule has 1 aromatic rings. The summed E-state index contributed by atoms with van der Waals surface area (Å²) in [4.78, 5) is 23.2. The maximum Gasteiger partial charge on any atom is 0.338 e. The smallest absolute Gasteiger partial charge is 0.338 e. The van der Waals surface area contributed by atoms with Crippen LogP contribution in [-0.4, -0.2) is 37.2 Å². The Hall–Kier alpha value is -1.59. The van der Waals surface area contributed by atoms with Crippen molar-refractivity contribution in [3.63, 3.8) is 0 Å². The van der Waals surface area contributed by atoms with Crippen LogP contribution in [0.1, 0.15) is 44.0 Å². The van der Waals surface area contributed by atoms with E-state index < -0.39 is 0 Å². The van der Waals surface area contributed by atoms with Gasteiger partial charge in [-0.25, -0.2) is 4.79 Å². The van der Waals surface area contributed by atoms with Crippen LogP contribution < -0.4 is 5.32 Å². The monoisotopic (exact) mass is 341 g/mol. The van der Waals surface area contributed by atoms with Crippen LogP contribution in [0.2, 0.25) is 5.02 Å². The lowest BCUT2D eigenvalue weighted by atomic mass is 10.1. The number of rotatable bonds is 9. The summed E-state index contributed by atoms with van der Waals surface area (Å²) in [5, 5.41) is 3.79. The van der Waals surface area contributed by atoms with Gasteiger partial charge in [0, 0.05) is 17.6 Å². The van der Waals surface area contributed by atoms with E-state index in [1.165, 1.54) is 0 Å². The van der Waals surface area contributed by atoms with Crippen LogP contribution in [-0.2, 0) is 14.3 Å². The van der Waals surface area contributed by atoms with Crippen molar-refractivity contribution in [3.8, 4) is 0 Å². The molecule has 0 fully saturated rings. The van der Waals surface area contributed by atoms with Gasteiger partial charge in [-0.3, -0.25) is 4.79 Å². The molecule has 0 saturated heterocycles. The lowest BCUT2D eigenvalue weighted by Crippen LogP contribution is -2.32. The molecular formula is C17H24ClNO4. The van der Waals surface area contributed by atoms with Crippen LogP contribution in [0.5, 0.6) is 0 Å². The van der Waals surface area contributed by atoms with Gasteiger partial charge < -0.3 is 14.8 Å². The number of ether oxygens (including phenoxy) is 2. The molecule has 0 aliphatic rings. The Morgan fingerprint density at radius 3 is 2.48 bits per heavy atom. The first-order valence-electron chi connectivity index (χ1n) is 7.78. The molecular weight excluding hydrogens is 318 g/mol. The molecule has 0 heterocycles. The zero-order valence-corrected chi connectivity index (χ0v) is 14.6. The summed E-state index contributed by atoms with van der Waals surface area (Å²) in [6.45, 7) is 6.55. The molecule has 0 aliphatic carbocycles. The first-order valence-corrected chi connectivity index (χ1v) is 8.15. The number of hydrogen-bond donors (Lipinski definition) is 1. The molecule has 1 rings (SSSR count). The molecule has 0 radical (unpaired) electrons. The summed E-state index contributed by atoms with van der Waals surface area (Å²) in [6, 6.07) is 6.71. The van der Waals surface area contributed by atoms with Crippen molar-refractivity contribution in [2.45, 2.75) is 45.8 Å². The lowest BCUT2D eigenvalue weighted by Gasteiger charge is -2.19. The highest BCUT2D eigenvalue weighted by atomic mass is 35.5. The molecule has 0 amide bonds. The third-order valence-corrected chi connectivity index (χ3v) is 3.45. The molecule has 1 aromatic carbocycles. The molecule has 0 bridgehead atoms. The number of esters is 2. The van der Waals surface area contributed by atoms with Crippen molar-refractivity contribution in [3.05, 3.63) is 34.9 Å². The van der Waals surface area contributed by atoms with Crippen molar-refractivity contribution in [2.75, 3.05) is 13.2 Å². The number of carbonyl (C=O) groups is 2. The summed E-state index contributed by atoms with van der Waals surface area (Å²) < 4.78 is 10.3. The molecule has 0 saturated carbocycles. The van der Waals surface area contributed by atoms with Crippen molar-refractivity contribution < 1.29 is 19.1 Å². The molecule has 2 unspecified atom stereocenters. The highest BCUT2D eigenvalue weighted by Crippen LogP contribution is 2.12. The van der Waals surface area contributed by atoms with Crippen molar-refractivity contribution in [2.24, 2.45) is 0 Å². The number of benzene rings is 1. The standard InChI is InChI=1S/C17H24ClNO4/c1-4-22-16(20)9-10-19-12(2)11-13(3)23-17(21)14-5-7-15(18)8-6-14/h5-8,12-13,19H,4,9-11H2,1-3H3. The van der Waals surface area contributed by atoms with Gasteiger partial charge in [-0.15, -0.1) is 0 Å². The minimum Gasteiger partial charge on any atom is -0.466 e. The van der Waals surface area contributed by atoms with E-state index in [0.717, 1.165) is 0 Å². The van der Waals surface area contributed by atoms with Crippen LogP contribution in [0.25, 0.3) is 0 Å². The van der Waals surface area contributed by atoms with Crippen molar-refractivity contribution in [1.29, 1.82) is 0 Å². The van der Waals surface area contributed by atoms with Crippen molar-refractivity contribution in [1.82, 2.24) is 5.32 Å². The van der Waals surface area contributed by atoms with Crippen LogP contribution in [0, 0.1) is 0 Å². The van der Waals surface area contributed by atoms with E-state index in [2.05, 4.69) is 5.32 Å². The fourth-order valence-electron chi connectivity index (χ4n) is 2.12. The lowest BCUT2D eigenvalue weighted by molar-refractivity contribution is -0.143. The van der Waals surface area contributed by atoms with Gasteiger partial charge in [0.2, 0.25) is 0 Å². The first-order chi connectivity index (χ1) is 10.9. The Morgan fingerprint density at radius 1 is 1.22 bits per heavy atom. The molecule has 0 aliphatic heterocycles. The van der Waals surface area contributed by atoms with Gasteiger partial charge in [-0.05, 0) is 51.5 Å². The average molecular weight is 342 g/mol. The molecule has 128 valence electrons. The maximum absolute atomic E-state index is 12.0. The molecule has 0 spiro atoms. The van der Waals surface area contributed by atoms with E-state index in [-0.39, 0.29) is 24.1 Å². The second-order valence-electron chi connectivity index (χ2n) is 5.37. The third kappa shape index (κ3) is 8.00. The molecule has 23 heavy (non-hydrogen) atoms. The van der Waals surface area contributed by atoms with Gasteiger partial charge in [0.25, 0.3) is 0 Å². The van der Waals surface area contributed by atoms with E-state index >= 15 is 0 Å². The predicted octanol–water partition coefficient (Wildman–Crippen LogP) is 3.21. The Morgan fingerprint density at radius 2 is 1.87 bits per heavy atom. The second-order valence-corrected chi connectivity index (χ2v) is 5.81.